The minimum Gasteiger partial charge on any atom is -0.354 e. The number of nitrogens with one attached hydrogen (secondary N) is 1. The standard InChI is InChI=1S/C18H24FN3O/c19-16-9-7-15(8-10-16)13-22(17-5-2-1-3-6-17)14-18(23)21-12-4-11-20/h7-10,17H,1-6,12-14H2,(H,21,23). The van der Waals surface area contributed by atoms with Crippen molar-refractivity contribution in [1.82, 2.24) is 10.2 Å². The molecule has 1 N–H and O–H groups in total. The topological polar surface area (TPSA) is 56.1 Å². The van der Waals surface area contributed by atoms with Gasteiger partial charge in [0, 0.05) is 19.1 Å². The second kappa shape index (κ2) is 9.26. The van der Waals surface area contributed by atoms with Gasteiger partial charge >= 0.3 is 0 Å². The monoisotopic (exact) mass is 317 g/mol. The minimum absolute atomic E-state index is 0.0482. The number of rotatable bonds is 7. The van der Waals surface area contributed by atoms with E-state index in [1.165, 1.54) is 31.4 Å². The second-order valence-corrected chi connectivity index (χ2v) is 6.08. The molecule has 0 atom stereocenters. The lowest BCUT2D eigenvalue weighted by Crippen LogP contribution is -2.43. The van der Waals surface area contributed by atoms with Gasteiger partial charge in [-0.1, -0.05) is 31.4 Å². The molecule has 0 spiro atoms. The van der Waals surface area contributed by atoms with Crippen LogP contribution in [0.15, 0.2) is 24.3 Å². The Morgan fingerprint density at radius 2 is 1.96 bits per heavy atom. The number of carbonyl (C=O) groups excluding carboxylic acids is 1. The first kappa shape index (κ1) is 17.4. The maximum Gasteiger partial charge on any atom is 0.234 e. The number of nitrogens with zero attached hydrogens (tertiary/aromatic N) is 2. The maximum absolute atomic E-state index is 13.1. The molecule has 1 fully saturated rings. The predicted octanol–water partition coefficient (Wildman–Crippen LogP) is 2.99. The highest BCUT2D eigenvalue weighted by Gasteiger charge is 2.23. The number of carbonyl (C=O) groups is 1. The molecule has 1 amide bonds. The molecular weight excluding hydrogens is 293 g/mol. The van der Waals surface area contributed by atoms with E-state index in [4.69, 9.17) is 5.26 Å². The summed E-state index contributed by atoms with van der Waals surface area (Å²) in [5.74, 6) is -0.292. The highest BCUT2D eigenvalue weighted by molar-refractivity contribution is 5.78. The summed E-state index contributed by atoms with van der Waals surface area (Å²) in [6.07, 6.45) is 6.18. The van der Waals surface area contributed by atoms with E-state index in [-0.39, 0.29) is 11.7 Å². The smallest absolute Gasteiger partial charge is 0.234 e. The van der Waals surface area contributed by atoms with Crippen LogP contribution >= 0.6 is 0 Å². The fraction of sp³-hybridized carbons (Fsp3) is 0.556. The fourth-order valence-corrected chi connectivity index (χ4v) is 3.08. The Morgan fingerprint density at radius 1 is 1.26 bits per heavy atom. The average molecular weight is 317 g/mol. The van der Waals surface area contributed by atoms with Gasteiger partial charge in [0.15, 0.2) is 0 Å². The lowest BCUT2D eigenvalue weighted by molar-refractivity contribution is -0.123. The van der Waals surface area contributed by atoms with E-state index in [0.29, 0.717) is 32.1 Å². The van der Waals surface area contributed by atoms with Crippen molar-refractivity contribution in [2.75, 3.05) is 13.1 Å². The predicted molar refractivity (Wildman–Crippen MR) is 86.9 cm³/mol. The molecule has 1 aromatic carbocycles. The van der Waals surface area contributed by atoms with Crippen LogP contribution in [-0.4, -0.2) is 29.9 Å². The normalized spacial score (nSPS) is 15.3. The minimum atomic E-state index is -0.243. The summed E-state index contributed by atoms with van der Waals surface area (Å²) in [4.78, 5) is 14.3. The van der Waals surface area contributed by atoms with E-state index in [2.05, 4.69) is 10.2 Å². The second-order valence-electron chi connectivity index (χ2n) is 6.08. The average Bonchev–Trinajstić information content (AvgIpc) is 2.57. The molecule has 1 saturated carbocycles. The Morgan fingerprint density at radius 3 is 2.61 bits per heavy atom. The number of hydrogen-bond acceptors (Lipinski definition) is 3. The van der Waals surface area contributed by atoms with E-state index in [1.54, 1.807) is 12.1 Å². The quantitative estimate of drug-likeness (QED) is 0.787. The van der Waals surface area contributed by atoms with Crippen molar-refractivity contribution >= 4 is 5.91 Å². The van der Waals surface area contributed by atoms with Gasteiger partial charge in [-0.3, -0.25) is 9.69 Å². The third-order valence-corrected chi connectivity index (χ3v) is 4.30. The molecule has 0 unspecified atom stereocenters. The van der Waals surface area contributed by atoms with E-state index < -0.39 is 0 Å². The third-order valence-electron chi connectivity index (χ3n) is 4.30. The molecule has 124 valence electrons. The molecule has 0 radical (unpaired) electrons. The lowest BCUT2D eigenvalue weighted by Gasteiger charge is -2.34. The Bertz CT molecular complexity index is 532. The molecule has 2 rings (SSSR count). The molecule has 1 aromatic rings. The Labute approximate surface area is 137 Å². The molecule has 0 aliphatic heterocycles. The number of nitriles is 1. The molecule has 23 heavy (non-hydrogen) atoms. The zero-order valence-corrected chi connectivity index (χ0v) is 13.4. The highest BCUT2D eigenvalue weighted by Crippen LogP contribution is 2.24. The number of halogens is 1. The van der Waals surface area contributed by atoms with Crippen molar-refractivity contribution in [2.24, 2.45) is 0 Å². The van der Waals surface area contributed by atoms with Gasteiger partial charge in [-0.15, -0.1) is 0 Å². The molecule has 4 nitrogen and oxygen atoms in total. The third kappa shape index (κ3) is 5.99. The SMILES string of the molecule is N#CCCNC(=O)CN(Cc1ccc(F)cc1)C1CCCCC1. The largest absolute Gasteiger partial charge is 0.354 e. The van der Waals surface area contributed by atoms with Crippen LogP contribution in [0.5, 0.6) is 0 Å². The molecule has 0 aromatic heterocycles. The zero-order valence-electron chi connectivity index (χ0n) is 13.4. The van der Waals surface area contributed by atoms with Crippen LogP contribution in [0.25, 0.3) is 0 Å². The molecular formula is C18H24FN3O. The first-order valence-electron chi connectivity index (χ1n) is 8.31. The van der Waals surface area contributed by atoms with Gasteiger partial charge < -0.3 is 5.32 Å². The van der Waals surface area contributed by atoms with Crippen molar-refractivity contribution < 1.29 is 9.18 Å². The summed E-state index contributed by atoms with van der Waals surface area (Å²) in [6, 6.07) is 8.89. The van der Waals surface area contributed by atoms with E-state index in [0.717, 1.165) is 18.4 Å². The summed E-state index contributed by atoms with van der Waals surface area (Å²) in [5.41, 5.74) is 1.02. The van der Waals surface area contributed by atoms with Gasteiger partial charge in [0.2, 0.25) is 5.91 Å². The van der Waals surface area contributed by atoms with Gasteiger partial charge in [0.1, 0.15) is 5.82 Å². The number of amides is 1. The van der Waals surface area contributed by atoms with Crippen LogP contribution in [0.2, 0.25) is 0 Å². The first-order chi connectivity index (χ1) is 11.2. The molecule has 1 aliphatic rings. The zero-order chi connectivity index (χ0) is 16.5. The maximum atomic E-state index is 13.1. The van der Waals surface area contributed by atoms with Gasteiger partial charge in [-0.25, -0.2) is 4.39 Å². The van der Waals surface area contributed by atoms with Crippen LogP contribution in [0.4, 0.5) is 4.39 Å². The Balaban J connectivity index is 1.97. The van der Waals surface area contributed by atoms with Gasteiger partial charge in [0.25, 0.3) is 0 Å². The molecule has 0 saturated heterocycles. The van der Waals surface area contributed by atoms with E-state index in [1.807, 2.05) is 6.07 Å². The first-order valence-corrected chi connectivity index (χ1v) is 8.31. The molecule has 5 heteroatoms. The summed E-state index contributed by atoms with van der Waals surface area (Å²) in [5, 5.41) is 11.3. The van der Waals surface area contributed by atoms with E-state index in [9.17, 15) is 9.18 Å². The molecule has 1 aliphatic carbocycles. The Hall–Kier alpha value is -1.93. The molecule has 0 bridgehead atoms. The van der Waals surface area contributed by atoms with Crippen LogP contribution in [0, 0.1) is 17.1 Å². The summed E-state index contributed by atoms with van der Waals surface area (Å²) in [6.45, 7) is 1.37. The van der Waals surface area contributed by atoms with Crippen molar-refractivity contribution in [2.45, 2.75) is 51.1 Å². The number of benzene rings is 1. The summed E-state index contributed by atoms with van der Waals surface area (Å²) < 4.78 is 13.1. The van der Waals surface area contributed by atoms with Gasteiger partial charge in [0.05, 0.1) is 19.0 Å². The van der Waals surface area contributed by atoms with E-state index >= 15 is 0 Å². The lowest BCUT2D eigenvalue weighted by atomic mass is 9.93. The summed E-state index contributed by atoms with van der Waals surface area (Å²) >= 11 is 0. The fourth-order valence-electron chi connectivity index (χ4n) is 3.08. The summed E-state index contributed by atoms with van der Waals surface area (Å²) in [7, 11) is 0. The van der Waals surface area contributed by atoms with Gasteiger partial charge in [-0.05, 0) is 30.5 Å². The van der Waals surface area contributed by atoms with Gasteiger partial charge in [-0.2, -0.15) is 5.26 Å². The van der Waals surface area contributed by atoms with Crippen molar-refractivity contribution in [3.63, 3.8) is 0 Å². The van der Waals surface area contributed by atoms with Crippen LogP contribution in [0.3, 0.4) is 0 Å². The molecule has 0 heterocycles. The van der Waals surface area contributed by atoms with Crippen LogP contribution in [0.1, 0.15) is 44.1 Å². The van der Waals surface area contributed by atoms with Crippen molar-refractivity contribution in [3.05, 3.63) is 35.6 Å². The highest BCUT2D eigenvalue weighted by atomic mass is 19.1. The van der Waals surface area contributed by atoms with Crippen LogP contribution in [-0.2, 0) is 11.3 Å². The van der Waals surface area contributed by atoms with Crippen molar-refractivity contribution in [3.8, 4) is 6.07 Å². The number of hydrogen-bond donors (Lipinski definition) is 1. The Kier molecular flexibility index (Phi) is 7.02. The van der Waals surface area contributed by atoms with Crippen LogP contribution < -0.4 is 5.32 Å². The van der Waals surface area contributed by atoms with Crippen molar-refractivity contribution in [1.29, 1.82) is 5.26 Å².